The fraction of sp³-hybridized carbons (Fsp3) is 0.318. The van der Waals surface area contributed by atoms with Crippen LogP contribution in [0.5, 0.6) is 5.75 Å². The number of carbonyl (C=O) groups excluding carboxylic acids is 1. The minimum Gasteiger partial charge on any atom is -0.491 e. The zero-order valence-electron chi connectivity index (χ0n) is 17.3. The van der Waals surface area contributed by atoms with Crippen LogP contribution in [0.4, 0.5) is 17.6 Å². The molecule has 1 unspecified atom stereocenters. The lowest BCUT2D eigenvalue weighted by molar-refractivity contribution is -0.137. The number of nitrogens with zero attached hydrogens (tertiary/aromatic N) is 2. The van der Waals surface area contributed by atoms with Gasteiger partial charge in [0.2, 0.25) is 17.6 Å². The second kappa shape index (κ2) is 10.9. The summed E-state index contributed by atoms with van der Waals surface area (Å²) >= 11 is 0. The molecule has 0 bridgehead atoms. The predicted octanol–water partition coefficient (Wildman–Crippen LogP) is 3.77. The molecule has 0 aliphatic rings. The minimum absolute atomic E-state index is 0.0747. The van der Waals surface area contributed by atoms with E-state index in [1.165, 1.54) is 24.3 Å². The van der Waals surface area contributed by atoms with E-state index in [-0.39, 0.29) is 37.0 Å². The molecule has 1 heterocycles. The molecule has 11 heteroatoms. The zero-order chi connectivity index (χ0) is 23.8. The Bertz CT molecular complexity index is 1040. The standard InChI is InChI=1S/C22H21F4N3O4/c23-16-8-4-14(5-9-16)21-28-20(33-29-21)3-1-2-19(31)27-12-17(30)13-32-18-10-6-15(7-11-18)22(24,25)26/h4-11,17,30H,1-3,12-13H2,(H,27,31). The average Bonchev–Trinajstić information content (AvgIpc) is 3.25. The molecular weight excluding hydrogens is 446 g/mol. The van der Waals surface area contributed by atoms with Crippen molar-refractivity contribution in [2.75, 3.05) is 13.2 Å². The second-order valence-electron chi connectivity index (χ2n) is 7.16. The van der Waals surface area contributed by atoms with E-state index >= 15 is 0 Å². The molecule has 1 amide bonds. The number of nitrogens with one attached hydrogen (secondary N) is 1. The van der Waals surface area contributed by atoms with Crippen LogP contribution in [-0.2, 0) is 17.4 Å². The highest BCUT2D eigenvalue weighted by Crippen LogP contribution is 2.30. The number of ether oxygens (including phenoxy) is 1. The summed E-state index contributed by atoms with van der Waals surface area (Å²) in [4.78, 5) is 16.1. The van der Waals surface area contributed by atoms with Crippen molar-refractivity contribution in [1.82, 2.24) is 15.5 Å². The normalized spacial score (nSPS) is 12.4. The van der Waals surface area contributed by atoms with Crippen molar-refractivity contribution >= 4 is 5.91 Å². The van der Waals surface area contributed by atoms with Gasteiger partial charge >= 0.3 is 6.18 Å². The third kappa shape index (κ3) is 7.56. The first-order valence-corrected chi connectivity index (χ1v) is 10.0. The van der Waals surface area contributed by atoms with E-state index in [1.807, 2.05) is 0 Å². The number of aliphatic hydroxyl groups excluding tert-OH is 1. The van der Waals surface area contributed by atoms with Crippen molar-refractivity contribution in [2.24, 2.45) is 0 Å². The lowest BCUT2D eigenvalue weighted by Gasteiger charge is -2.14. The maximum Gasteiger partial charge on any atom is 0.416 e. The van der Waals surface area contributed by atoms with Gasteiger partial charge in [0.25, 0.3) is 0 Å². The fourth-order valence-corrected chi connectivity index (χ4v) is 2.78. The number of carbonyl (C=O) groups is 1. The number of alkyl halides is 3. The van der Waals surface area contributed by atoms with Crippen molar-refractivity contribution in [1.29, 1.82) is 0 Å². The third-order valence-electron chi connectivity index (χ3n) is 4.52. The summed E-state index contributed by atoms with van der Waals surface area (Å²) in [5.74, 6) is 0.164. The number of aliphatic hydroxyl groups is 1. The first-order valence-electron chi connectivity index (χ1n) is 10.0. The molecule has 0 fully saturated rings. The number of hydrogen-bond acceptors (Lipinski definition) is 6. The van der Waals surface area contributed by atoms with E-state index in [0.717, 1.165) is 24.3 Å². The van der Waals surface area contributed by atoms with Gasteiger partial charge in [0.1, 0.15) is 24.3 Å². The van der Waals surface area contributed by atoms with Crippen LogP contribution < -0.4 is 10.1 Å². The Balaban J connectivity index is 1.33. The summed E-state index contributed by atoms with van der Waals surface area (Å²) in [6.45, 7) is -0.269. The van der Waals surface area contributed by atoms with E-state index < -0.39 is 17.8 Å². The number of halogens is 4. The number of hydrogen-bond donors (Lipinski definition) is 2. The van der Waals surface area contributed by atoms with Crippen LogP contribution in [0.25, 0.3) is 11.4 Å². The van der Waals surface area contributed by atoms with Gasteiger partial charge in [-0.3, -0.25) is 4.79 Å². The Labute approximate surface area is 186 Å². The molecule has 176 valence electrons. The van der Waals surface area contributed by atoms with Gasteiger partial charge in [-0.2, -0.15) is 18.2 Å². The van der Waals surface area contributed by atoms with E-state index in [9.17, 15) is 27.5 Å². The van der Waals surface area contributed by atoms with Crippen LogP contribution in [0, 0.1) is 5.82 Å². The van der Waals surface area contributed by atoms with Crippen molar-refractivity contribution in [3.05, 3.63) is 65.8 Å². The lowest BCUT2D eigenvalue weighted by atomic mass is 10.2. The van der Waals surface area contributed by atoms with Gasteiger partial charge in [0.05, 0.1) is 5.56 Å². The van der Waals surface area contributed by atoms with Crippen LogP contribution in [0.3, 0.4) is 0 Å². The predicted molar refractivity (Wildman–Crippen MR) is 109 cm³/mol. The van der Waals surface area contributed by atoms with Crippen LogP contribution in [-0.4, -0.2) is 40.4 Å². The molecule has 7 nitrogen and oxygen atoms in total. The van der Waals surface area contributed by atoms with Crippen molar-refractivity contribution in [3.8, 4) is 17.1 Å². The number of amides is 1. The molecule has 3 rings (SSSR count). The average molecular weight is 467 g/mol. The Morgan fingerprint density at radius 3 is 2.48 bits per heavy atom. The number of aryl methyl sites for hydroxylation is 1. The molecule has 0 aliphatic carbocycles. The lowest BCUT2D eigenvalue weighted by Crippen LogP contribution is -2.35. The van der Waals surface area contributed by atoms with Crippen LogP contribution in [0.2, 0.25) is 0 Å². The van der Waals surface area contributed by atoms with Gasteiger partial charge in [-0.25, -0.2) is 4.39 Å². The fourth-order valence-electron chi connectivity index (χ4n) is 2.78. The maximum atomic E-state index is 13.0. The molecule has 1 aromatic heterocycles. The molecular formula is C22H21F4N3O4. The number of rotatable bonds is 10. The minimum atomic E-state index is -4.43. The Kier molecular flexibility index (Phi) is 7.99. The highest BCUT2D eigenvalue weighted by Gasteiger charge is 2.30. The van der Waals surface area contributed by atoms with Crippen molar-refractivity contribution < 1.29 is 36.7 Å². The van der Waals surface area contributed by atoms with Crippen LogP contribution in [0.1, 0.15) is 24.3 Å². The highest BCUT2D eigenvalue weighted by molar-refractivity contribution is 5.75. The van der Waals surface area contributed by atoms with E-state index in [4.69, 9.17) is 9.26 Å². The quantitative estimate of drug-likeness (QED) is 0.441. The van der Waals surface area contributed by atoms with Crippen molar-refractivity contribution in [2.45, 2.75) is 31.5 Å². The summed E-state index contributed by atoms with van der Waals surface area (Å²) in [6.07, 6.45) is -4.53. The number of benzene rings is 2. The van der Waals surface area contributed by atoms with E-state index in [2.05, 4.69) is 15.5 Å². The summed E-state index contributed by atoms with van der Waals surface area (Å²) in [6, 6.07) is 9.73. The van der Waals surface area contributed by atoms with Gasteiger partial charge < -0.3 is 19.7 Å². The van der Waals surface area contributed by atoms with Crippen LogP contribution in [0.15, 0.2) is 53.1 Å². The molecule has 0 saturated heterocycles. The molecule has 0 spiro atoms. The van der Waals surface area contributed by atoms with Gasteiger partial charge in [-0.05, 0) is 55.0 Å². The second-order valence-corrected chi connectivity index (χ2v) is 7.16. The first kappa shape index (κ1) is 24.2. The van der Waals surface area contributed by atoms with Gasteiger partial charge in [0.15, 0.2) is 0 Å². The van der Waals surface area contributed by atoms with Gasteiger partial charge in [-0.1, -0.05) is 5.16 Å². The summed E-state index contributed by atoms with van der Waals surface area (Å²) in [7, 11) is 0. The smallest absolute Gasteiger partial charge is 0.416 e. The molecule has 3 aromatic rings. The first-order chi connectivity index (χ1) is 15.7. The topological polar surface area (TPSA) is 97.5 Å². The maximum absolute atomic E-state index is 13.0. The van der Waals surface area contributed by atoms with E-state index in [1.54, 1.807) is 0 Å². The number of aromatic nitrogens is 2. The summed E-state index contributed by atoms with van der Waals surface area (Å²) < 4.78 is 60.9. The molecule has 0 aliphatic heterocycles. The Morgan fingerprint density at radius 1 is 1.12 bits per heavy atom. The molecule has 33 heavy (non-hydrogen) atoms. The Hall–Kier alpha value is -3.47. The SMILES string of the molecule is O=C(CCCc1nc(-c2ccc(F)cc2)no1)NCC(O)COc1ccc(C(F)(F)F)cc1. The molecule has 1 atom stereocenters. The van der Waals surface area contributed by atoms with Crippen LogP contribution >= 0.6 is 0 Å². The van der Waals surface area contributed by atoms with E-state index in [0.29, 0.717) is 30.1 Å². The molecule has 2 aromatic carbocycles. The third-order valence-corrected chi connectivity index (χ3v) is 4.52. The zero-order valence-corrected chi connectivity index (χ0v) is 17.3. The van der Waals surface area contributed by atoms with Crippen molar-refractivity contribution in [3.63, 3.8) is 0 Å². The molecule has 0 saturated carbocycles. The monoisotopic (exact) mass is 467 g/mol. The Morgan fingerprint density at radius 2 is 1.82 bits per heavy atom. The molecule has 2 N–H and O–H groups in total. The molecule has 0 radical (unpaired) electrons. The van der Waals surface area contributed by atoms with Gasteiger partial charge in [0, 0.05) is 24.9 Å². The highest BCUT2D eigenvalue weighted by atomic mass is 19.4. The van der Waals surface area contributed by atoms with Gasteiger partial charge in [-0.15, -0.1) is 0 Å². The summed E-state index contributed by atoms with van der Waals surface area (Å²) in [5.41, 5.74) is -0.188. The largest absolute Gasteiger partial charge is 0.491 e. The summed E-state index contributed by atoms with van der Waals surface area (Å²) in [5, 5.41) is 16.3.